The number of carbonyl (C=O) groups excluding carboxylic acids is 1. The molecule has 0 aliphatic carbocycles. The molecule has 24 heavy (non-hydrogen) atoms. The molecule has 0 bridgehead atoms. The van der Waals surface area contributed by atoms with Crippen LogP contribution in [0.3, 0.4) is 0 Å². The van der Waals surface area contributed by atoms with E-state index in [2.05, 4.69) is 5.32 Å². The Kier molecular flexibility index (Phi) is 6.48. The van der Waals surface area contributed by atoms with E-state index < -0.39 is 16.1 Å². The smallest absolute Gasteiger partial charge is 0.243 e. The highest BCUT2D eigenvalue weighted by atomic mass is 35.5. The summed E-state index contributed by atoms with van der Waals surface area (Å²) in [4.78, 5) is 12.6. The topological polar surface area (TPSA) is 75.7 Å². The van der Waals surface area contributed by atoms with Gasteiger partial charge in [0.05, 0.1) is 18.0 Å². The maximum atomic E-state index is 12.6. The zero-order chi connectivity index (χ0) is 17.7. The van der Waals surface area contributed by atoms with E-state index in [1.54, 1.807) is 31.2 Å². The number of anilines is 1. The maximum Gasteiger partial charge on any atom is 0.243 e. The van der Waals surface area contributed by atoms with E-state index in [4.69, 9.17) is 16.3 Å². The third-order valence-electron chi connectivity index (χ3n) is 3.92. The Labute approximate surface area is 148 Å². The highest BCUT2D eigenvalue weighted by Gasteiger charge is 2.32. The quantitative estimate of drug-likeness (QED) is 0.793. The van der Waals surface area contributed by atoms with Crippen molar-refractivity contribution in [3.05, 3.63) is 29.3 Å². The zero-order valence-corrected chi connectivity index (χ0v) is 15.4. The molecule has 6 nitrogen and oxygen atoms in total. The third kappa shape index (κ3) is 4.84. The van der Waals surface area contributed by atoms with E-state index >= 15 is 0 Å². The summed E-state index contributed by atoms with van der Waals surface area (Å²) in [7, 11) is -3.65. The molecule has 1 aromatic rings. The minimum absolute atomic E-state index is 0.00399. The van der Waals surface area contributed by atoms with Crippen LogP contribution in [-0.4, -0.2) is 45.9 Å². The zero-order valence-electron chi connectivity index (χ0n) is 13.9. The fourth-order valence-electron chi connectivity index (χ4n) is 2.81. The van der Waals surface area contributed by atoms with Gasteiger partial charge in [0.15, 0.2) is 0 Å². The molecule has 0 unspecified atom stereocenters. The van der Waals surface area contributed by atoms with Gasteiger partial charge in [0.2, 0.25) is 15.9 Å². The number of carbonyl (C=O) groups is 1. The van der Waals surface area contributed by atoms with Crippen molar-refractivity contribution in [2.24, 2.45) is 0 Å². The standard InChI is InChI=1S/C16H23ClN2O4S/c1-3-15(16(20)18-11-14-8-5-9-23-14)19(24(2,21)22)13-7-4-6-12(17)10-13/h4,6-7,10,14-15H,3,5,8-9,11H2,1-2H3,(H,18,20)/t14-,15-/m1/s1. The highest BCUT2D eigenvalue weighted by molar-refractivity contribution is 7.92. The number of benzene rings is 1. The summed E-state index contributed by atoms with van der Waals surface area (Å²) in [6, 6.07) is 5.65. The van der Waals surface area contributed by atoms with Gasteiger partial charge >= 0.3 is 0 Å². The van der Waals surface area contributed by atoms with Crippen LogP contribution in [0.5, 0.6) is 0 Å². The molecule has 1 heterocycles. The molecule has 1 N–H and O–H groups in total. The summed E-state index contributed by atoms with van der Waals surface area (Å²) in [5.74, 6) is -0.335. The van der Waals surface area contributed by atoms with Gasteiger partial charge in [0, 0.05) is 18.2 Å². The number of sulfonamides is 1. The number of hydrogen-bond donors (Lipinski definition) is 1. The average Bonchev–Trinajstić information content (AvgIpc) is 3.02. The van der Waals surface area contributed by atoms with Crippen LogP contribution in [-0.2, 0) is 19.6 Å². The summed E-state index contributed by atoms with van der Waals surface area (Å²) in [5.41, 5.74) is 0.379. The van der Waals surface area contributed by atoms with Gasteiger partial charge in [0.1, 0.15) is 6.04 Å². The predicted molar refractivity (Wildman–Crippen MR) is 94.8 cm³/mol. The SMILES string of the molecule is CC[C@H](C(=O)NC[C@H]1CCCO1)N(c1cccc(Cl)c1)S(C)(=O)=O. The van der Waals surface area contributed by atoms with Crippen LogP contribution in [0.2, 0.25) is 5.02 Å². The van der Waals surface area contributed by atoms with Crippen LogP contribution in [0.4, 0.5) is 5.69 Å². The lowest BCUT2D eigenvalue weighted by molar-refractivity contribution is -0.122. The Bertz CT molecular complexity index is 674. The number of amides is 1. The van der Waals surface area contributed by atoms with Crippen LogP contribution >= 0.6 is 11.6 Å². The van der Waals surface area contributed by atoms with Crippen molar-refractivity contribution in [3.63, 3.8) is 0 Å². The molecule has 8 heteroatoms. The van der Waals surface area contributed by atoms with Gasteiger partial charge < -0.3 is 10.1 Å². The monoisotopic (exact) mass is 374 g/mol. The fourth-order valence-corrected chi connectivity index (χ4v) is 4.20. The summed E-state index contributed by atoms with van der Waals surface area (Å²) in [6.45, 7) is 2.87. The van der Waals surface area contributed by atoms with Gasteiger partial charge in [-0.2, -0.15) is 0 Å². The second-order valence-corrected chi connectivity index (χ2v) is 8.14. The molecular weight excluding hydrogens is 352 g/mol. The highest BCUT2D eigenvalue weighted by Crippen LogP contribution is 2.25. The van der Waals surface area contributed by atoms with Crippen molar-refractivity contribution >= 4 is 33.2 Å². The second-order valence-electron chi connectivity index (χ2n) is 5.84. The van der Waals surface area contributed by atoms with Gasteiger partial charge in [-0.15, -0.1) is 0 Å². The predicted octanol–water partition coefficient (Wildman–Crippen LogP) is 2.18. The largest absolute Gasteiger partial charge is 0.376 e. The Morgan fingerprint density at radius 3 is 2.79 bits per heavy atom. The molecule has 1 aromatic carbocycles. The van der Waals surface area contributed by atoms with E-state index in [1.165, 1.54) is 0 Å². The number of hydrogen-bond acceptors (Lipinski definition) is 4. The summed E-state index contributed by atoms with van der Waals surface area (Å²) in [6.07, 6.45) is 3.32. The van der Waals surface area contributed by atoms with Crippen molar-refractivity contribution in [1.29, 1.82) is 0 Å². The number of halogens is 1. The second kappa shape index (κ2) is 8.18. The van der Waals surface area contributed by atoms with E-state index in [-0.39, 0.29) is 12.0 Å². The molecule has 0 spiro atoms. The molecule has 0 aromatic heterocycles. The molecule has 0 radical (unpaired) electrons. The molecule has 1 fully saturated rings. The number of rotatable bonds is 7. The normalized spacial score (nSPS) is 19.0. The van der Waals surface area contributed by atoms with Gasteiger partial charge in [-0.25, -0.2) is 8.42 Å². The van der Waals surface area contributed by atoms with Crippen LogP contribution in [0, 0.1) is 0 Å². The lowest BCUT2D eigenvalue weighted by Gasteiger charge is -2.30. The van der Waals surface area contributed by atoms with Crippen molar-refractivity contribution < 1.29 is 17.9 Å². The summed E-state index contributed by atoms with van der Waals surface area (Å²) in [5, 5.41) is 3.22. The van der Waals surface area contributed by atoms with E-state index in [1.807, 2.05) is 0 Å². The van der Waals surface area contributed by atoms with Crippen molar-refractivity contribution in [2.75, 3.05) is 23.7 Å². The molecule has 1 aliphatic rings. The van der Waals surface area contributed by atoms with Crippen LogP contribution < -0.4 is 9.62 Å². The van der Waals surface area contributed by atoms with E-state index in [0.29, 0.717) is 30.3 Å². The van der Waals surface area contributed by atoms with Crippen LogP contribution in [0.25, 0.3) is 0 Å². The number of nitrogens with zero attached hydrogens (tertiary/aromatic N) is 1. The molecule has 0 saturated carbocycles. The molecule has 134 valence electrons. The third-order valence-corrected chi connectivity index (χ3v) is 5.34. The Morgan fingerprint density at radius 1 is 1.50 bits per heavy atom. The van der Waals surface area contributed by atoms with Gasteiger partial charge in [-0.05, 0) is 37.5 Å². The van der Waals surface area contributed by atoms with Crippen molar-refractivity contribution in [1.82, 2.24) is 5.32 Å². The first kappa shape index (κ1) is 19.0. The van der Waals surface area contributed by atoms with Crippen LogP contribution in [0.1, 0.15) is 26.2 Å². The van der Waals surface area contributed by atoms with E-state index in [0.717, 1.165) is 23.4 Å². The lowest BCUT2D eigenvalue weighted by Crippen LogP contribution is -2.50. The Morgan fingerprint density at radius 2 is 2.25 bits per heavy atom. The lowest BCUT2D eigenvalue weighted by atomic mass is 10.1. The van der Waals surface area contributed by atoms with Crippen LogP contribution in [0.15, 0.2) is 24.3 Å². The maximum absolute atomic E-state index is 12.6. The molecule has 2 rings (SSSR count). The minimum atomic E-state index is -3.65. The molecule has 1 saturated heterocycles. The van der Waals surface area contributed by atoms with Gasteiger partial charge in [-0.1, -0.05) is 24.6 Å². The Balaban J connectivity index is 2.20. The molecular formula is C16H23ClN2O4S. The minimum Gasteiger partial charge on any atom is -0.376 e. The van der Waals surface area contributed by atoms with E-state index in [9.17, 15) is 13.2 Å². The fraction of sp³-hybridized carbons (Fsp3) is 0.562. The number of ether oxygens (including phenoxy) is 1. The summed E-state index contributed by atoms with van der Waals surface area (Å²) < 4.78 is 31.2. The number of nitrogens with one attached hydrogen (secondary N) is 1. The molecule has 1 aliphatic heterocycles. The van der Waals surface area contributed by atoms with Gasteiger partial charge in [-0.3, -0.25) is 9.10 Å². The van der Waals surface area contributed by atoms with Gasteiger partial charge in [0.25, 0.3) is 0 Å². The molecule has 1 amide bonds. The average molecular weight is 375 g/mol. The van der Waals surface area contributed by atoms with Crippen molar-refractivity contribution in [2.45, 2.75) is 38.3 Å². The summed E-state index contributed by atoms with van der Waals surface area (Å²) >= 11 is 5.98. The first-order chi connectivity index (χ1) is 11.3. The first-order valence-corrected chi connectivity index (χ1v) is 10.2. The Hall–Kier alpha value is -1.31. The first-order valence-electron chi connectivity index (χ1n) is 7.97. The molecule has 2 atom stereocenters. The van der Waals surface area contributed by atoms with Crippen molar-refractivity contribution in [3.8, 4) is 0 Å².